The van der Waals surface area contributed by atoms with E-state index in [1.807, 2.05) is 19.1 Å². The van der Waals surface area contributed by atoms with E-state index in [-0.39, 0.29) is 5.69 Å². The first kappa shape index (κ1) is 12.5. The van der Waals surface area contributed by atoms with Crippen LogP contribution in [0.3, 0.4) is 0 Å². The highest BCUT2D eigenvalue weighted by Crippen LogP contribution is 2.23. The van der Waals surface area contributed by atoms with Gasteiger partial charge in [-0.25, -0.2) is 10.5 Å². The Hall–Kier alpha value is -1.94. The SMILES string of the molecule is Cc1cc(C(=O)NO)nc2ccc(C(C)C)cc12. The van der Waals surface area contributed by atoms with Gasteiger partial charge in [0.15, 0.2) is 0 Å². The first-order valence-corrected chi connectivity index (χ1v) is 5.88. The Balaban J connectivity index is 2.62. The summed E-state index contributed by atoms with van der Waals surface area (Å²) in [6, 6.07) is 7.70. The standard InChI is InChI=1S/C14H16N2O2/c1-8(2)10-4-5-12-11(7-10)9(3)6-13(15-12)14(17)16-18/h4-8,18H,1-3H3,(H,16,17). The molecule has 0 bridgehead atoms. The molecule has 0 aliphatic carbocycles. The molecular weight excluding hydrogens is 228 g/mol. The van der Waals surface area contributed by atoms with Gasteiger partial charge in [0.1, 0.15) is 5.69 Å². The van der Waals surface area contributed by atoms with Gasteiger partial charge in [-0.1, -0.05) is 19.9 Å². The topological polar surface area (TPSA) is 62.2 Å². The lowest BCUT2D eigenvalue weighted by molar-refractivity contribution is 0.0701. The number of hydrogen-bond donors (Lipinski definition) is 2. The molecule has 0 aliphatic rings. The summed E-state index contributed by atoms with van der Waals surface area (Å²) in [5.74, 6) is -0.137. The monoisotopic (exact) mass is 244 g/mol. The quantitative estimate of drug-likeness (QED) is 0.630. The maximum atomic E-state index is 11.4. The fourth-order valence-corrected chi connectivity index (χ4v) is 1.94. The average molecular weight is 244 g/mol. The predicted octanol–water partition coefficient (Wildman–Crippen LogP) is 2.79. The zero-order valence-corrected chi connectivity index (χ0v) is 10.7. The molecule has 0 unspecified atom stereocenters. The fraction of sp³-hybridized carbons (Fsp3) is 0.286. The van der Waals surface area contributed by atoms with Gasteiger partial charge in [0.05, 0.1) is 5.52 Å². The van der Waals surface area contributed by atoms with Crippen molar-refractivity contribution in [2.45, 2.75) is 26.7 Å². The minimum absolute atomic E-state index is 0.222. The molecule has 1 amide bonds. The van der Waals surface area contributed by atoms with Crippen molar-refractivity contribution in [2.75, 3.05) is 0 Å². The van der Waals surface area contributed by atoms with Crippen LogP contribution in [-0.2, 0) is 0 Å². The van der Waals surface area contributed by atoms with E-state index in [4.69, 9.17) is 5.21 Å². The first-order chi connectivity index (χ1) is 8.52. The van der Waals surface area contributed by atoms with Gasteiger partial charge in [0, 0.05) is 5.39 Å². The number of rotatable bonds is 2. The number of nitrogens with one attached hydrogen (secondary N) is 1. The van der Waals surface area contributed by atoms with Crippen LogP contribution in [0.15, 0.2) is 24.3 Å². The summed E-state index contributed by atoms with van der Waals surface area (Å²) in [6.45, 7) is 6.21. The van der Waals surface area contributed by atoms with E-state index < -0.39 is 5.91 Å². The van der Waals surface area contributed by atoms with Crippen LogP contribution in [0.2, 0.25) is 0 Å². The van der Waals surface area contributed by atoms with Crippen LogP contribution < -0.4 is 5.48 Å². The molecule has 1 aromatic carbocycles. The van der Waals surface area contributed by atoms with Gasteiger partial charge in [0.2, 0.25) is 0 Å². The number of fused-ring (bicyclic) bond motifs is 1. The zero-order valence-electron chi connectivity index (χ0n) is 10.7. The van der Waals surface area contributed by atoms with Crippen molar-refractivity contribution in [3.8, 4) is 0 Å². The number of nitrogens with zero attached hydrogens (tertiary/aromatic N) is 1. The Labute approximate surface area is 106 Å². The molecule has 4 nitrogen and oxygen atoms in total. The van der Waals surface area contributed by atoms with E-state index in [0.717, 1.165) is 16.5 Å². The number of benzene rings is 1. The third kappa shape index (κ3) is 2.19. The average Bonchev–Trinajstić information content (AvgIpc) is 2.37. The Morgan fingerprint density at radius 3 is 2.67 bits per heavy atom. The van der Waals surface area contributed by atoms with Gasteiger partial charge < -0.3 is 0 Å². The minimum Gasteiger partial charge on any atom is -0.288 e. The van der Waals surface area contributed by atoms with Crippen LogP contribution in [0.25, 0.3) is 10.9 Å². The largest absolute Gasteiger partial charge is 0.293 e. The molecule has 2 N–H and O–H groups in total. The highest BCUT2D eigenvalue weighted by Gasteiger charge is 2.10. The molecule has 0 saturated carbocycles. The Bertz CT molecular complexity index is 606. The summed E-state index contributed by atoms with van der Waals surface area (Å²) in [5.41, 5.74) is 4.80. The van der Waals surface area contributed by atoms with Crippen LogP contribution in [0.5, 0.6) is 0 Å². The zero-order chi connectivity index (χ0) is 13.3. The molecule has 18 heavy (non-hydrogen) atoms. The number of carbonyl (C=O) groups is 1. The number of aromatic nitrogens is 1. The van der Waals surface area contributed by atoms with E-state index in [1.54, 1.807) is 11.5 Å². The molecule has 0 spiro atoms. The molecule has 1 heterocycles. The van der Waals surface area contributed by atoms with E-state index in [1.165, 1.54) is 5.56 Å². The number of carbonyl (C=O) groups excluding carboxylic acids is 1. The Morgan fingerprint density at radius 2 is 2.06 bits per heavy atom. The number of aryl methyl sites for hydroxylation is 1. The second-order valence-corrected chi connectivity index (χ2v) is 4.70. The molecule has 4 heteroatoms. The molecule has 2 aromatic rings. The summed E-state index contributed by atoms with van der Waals surface area (Å²) >= 11 is 0. The number of hydroxylamine groups is 1. The lowest BCUT2D eigenvalue weighted by atomic mass is 9.99. The van der Waals surface area contributed by atoms with Gasteiger partial charge in [-0.15, -0.1) is 0 Å². The van der Waals surface area contributed by atoms with Crippen LogP contribution in [-0.4, -0.2) is 16.1 Å². The number of hydrogen-bond acceptors (Lipinski definition) is 3. The van der Waals surface area contributed by atoms with Crippen LogP contribution >= 0.6 is 0 Å². The van der Waals surface area contributed by atoms with Crippen LogP contribution in [0.4, 0.5) is 0 Å². The first-order valence-electron chi connectivity index (χ1n) is 5.88. The Morgan fingerprint density at radius 1 is 1.33 bits per heavy atom. The summed E-state index contributed by atoms with van der Waals surface area (Å²) in [7, 11) is 0. The van der Waals surface area contributed by atoms with Crippen molar-refractivity contribution in [3.05, 3.63) is 41.1 Å². The van der Waals surface area contributed by atoms with Gasteiger partial charge in [-0.2, -0.15) is 0 Å². The molecular formula is C14H16N2O2. The van der Waals surface area contributed by atoms with Crippen molar-refractivity contribution < 1.29 is 10.0 Å². The molecule has 0 atom stereocenters. The summed E-state index contributed by atoms with van der Waals surface area (Å²) in [6.07, 6.45) is 0. The highest BCUT2D eigenvalue weighted by molar-refractivity contribution is 5.95. The number of pyridine rings is 1. The van der Waals surface area contributed by atoms with Crippen molar-refractivity contribution >= 4 is 16.8 Å². The summed E-state index contributed by atoms with van der Waals surface area (Å²) in [5, 5.41) is 9.67. The lowest BCUT2D eigenvalue weighted by Gasteiger charge is -2.09. The molecule has 0 saturated heterocycles. The van der Waals surface area contributed by atoms with Gasteiger partial charge in [-0.3, -0.25) is 10.0 Å². The summed E-state index contributed by atoms with van der Waals surface area (Å²) < 4.78 is 0. The third-order valence-electron chi connectivity index (χ3n) is 3.04. The van der Waals surface area contributed by atoms with E-state index in [0.29, 0.717) is 5.92 Å². The van der Waals surface area contributed by atoms with E-state index in [2.05, 4.69) is 24.9 Å². The molecule has 0 fully saturated rings. The smallest absolute Gasteiger partial charge is 0.288 e. The molecule has 0 aliphatic heterocycles. The van der Waals surface area contributed by atoms with Crippen LogP contribution in [0.1, 0.15) is 41.4 Å². The van der Waals surface area contributed by atoms with Gasteiger partial charge in [0.25, 0.3) is 5.91 Å². The normalized spacial score (nSPS) is 10.9. The van der Waals surface area contributed by atoms with Crippen molar-refractivity contribution in [1.82, 2.24) is 10.5 Å². The maximum Gasteiger partial charge on any atom is 0.293 e. The molecule has 2 rings (SSSR count). The number of amides is 1. The van der Waals surface area contributed by atoms with Crippen molar-refractivity contribution in [1.29, 1.82) is 0 Å². The lowest BCUT2D eigenvalue weighted by Crippen LogP contribution is -2.20. The molecule has 0 radical (unpaired) electrons. The minimum atomic E-state index is -0.590. The second-order valence-electron chi connectivity index (χ2n) is 4.70. The molecule has 1 aromatic heterocycles. The van der Waals surface area contributed by atoms with E-state index in [9.17, 15) is 4.79 Å². The Kier molecular flexibility index (Phi) is 3.30. The third-order valence-corrected chi connectivity index (χ3v) is 3.04. The maximum absolute atomic E-state index is 11.4. The van der Waals surface area contributed by atoms with E-state index >= 15 is 0 Å². The van der Waals surface area contributed by atoms with Crippen molar-refractivity contribution in [2.24, 2.45) is 0 Å². The van der Waals surface area contributed by atoms with Crippen LogP contribution in [0, 0.1) is 6.92 Å². The van der Waals surface area contributed by atoms with Crippen molar-refractivity contribution in [3.63, 3.8) is 0 Å². The van der Waals surface area contributed by atoms with Gasteiger partial charge >= 0.3 is 0 Å². The second kappa shape index (κ2) is 4.74. The summed E-state index contributed by atoms with van der Waals surface area (Å²) in [4.78, 5) is 15.6. The molecule has 94 valence electrons. The predicted molar refractivity (Wildman–Crippen MR) is 69.8 cm³/mol. The fourth-order valence-electron chi connectivity index (χ4n) is 1.94. The van der Waals surface area contributed by atoms with Gasteiger partial charge in [-0.05, 0) is 42.2 Å². The highest BCUT2D eigenvalue weighted by atomic mass is 16.5.